The third-order valence-corrected chi connectivity index (χ3v) is 3.79. The van der Waals surface area contributed by atoms with E-state index >= 15 is 0 Å². The van der Waals surface area contributed by atoms with Gasteiger partial charge in [0.05, 0.1) is 30.6 Å². The van der Waals surface area contributed by atoms with Crippen molar-refractivity contribution >= 4 is 23.0 Å². The van der Waals surface area contributed by atoms with Crippen LogP contribution in [0, 0.1) is 5.92 Å². The number of nitrogens with zero attached hydrogens (tertiary/aromatic N) is 1. The number of likely N-dealkylation sites (N-methyl/N-ethyl adjacent to an activating group) is 1. The standard InChI is InChI=1S/C12H15ClN2O/c1-15-11-3-2-9(13)4-10(11)14-5-8-6-16-7-12(8)15/h2-4,8,12,14H,5-7H2,1H3. The molecule has 1 fully saturated rings. The lowest BCUT2D eigenvalue weighted by Crippen LogP contribution is -2.37. The molecule has 2 heterocycles. The molecule has 3 rings (SSSR count). The number of anilines is 2. The minimum atomic E-state index is 0.481. The van der Waals surface area contributed by atoms with Gasteiger partial charge < -0.3 is 15.0 Å². The van der Waals surface area contributed by atoms with E-state index in [0.717, 1.165) is 30.5 Å². The van der Waals surface area contributed by atoms with E-state index in [0.29, 0.717) is 12.0 Å². The van der Waals surface area contributed by atoms with Crippen LogP contribution in [0.25, 0.3) is 0 Å². The summed E-state index contributed by atoms with van der Waals surface area (Å²) in [7, 11) is 2.13. The van der Waals surface area contributed by atoms with Gasteiger partial charge in [-0.05, 0) is 18.2 Å². The fraction of sp³-hybridized carbons (Fsp3) is 0.500. The normalized spacial score (nSPS) is 28.0. The summed E-state index contributed by atoms with van der Waals surface area (Å²) < 4.78 is 5.55. The zero-order valence-electron chi connectivity index (χ0n) is 9.24. The largest absolute Gasteiger partial charge is 0.383 e. The molecular weight excluding hydrogens is 224 g/mol. The Morgan fingerprint density at radius 1 is 1.44 bits per heavy atom. The third-order valence-electron chi connectivity index (χ3n) is 3.56. The van der Waals surface area contributed by atoms with Crippen LogP contribution in [0.5, 0.6) is 0 Å². The van der Waals surface area contributed by atoms with Crippen LogP contribution in [0.4, 0.5) is 11.4 Å². The predicted molar refractivity (Wildman–Crippen MR) is 66.4 cm³/mol. The SMILES string of the molecule is CN1c2ccc(Cl)cc2NCC2COCC21. The van der Waals surface area contributed by atoms with Crippen molar-refractivity contribution in [3.8, 4) is 0 Å². The van der Waals surface area contributed by atoms with Gasteiger partial charge in [-0.2, -0.15) is 0 Å². The maximum absolute atomic E-state index is 6.02. The molecule has 3 nitrogen and oxygen atoms in total. The minimum Gasteiger partial charge on any atom is -0.383 e. The minimum absolute atomic E-state index is 0.481. The Labute approximate surface area is 100 Å². The first-order valence-electron chi connectivity index (χ1n) is 5.60. The van der Waals surface area contributed by atoms with Crippen LogP contribution in [-0.2, 0) is 4.74 Å². The summed E-state index contributed by atoms with van der Waals surface area (Å²) in [6.07, 6.45) is 0. The summed E-state index contributed by atoms with van der Waals surface area (Å²) in [5.74, 6) is 0.566. The van der Waals surface area contributed by atoms with E-state index in [-0.39, 0.29) is 0 Å². The number of nitrogens with one attached hydrogen (secondary N) is 1. The highest BCUT2D eigenvalue weighted by Gasteiger charge is 2.34. The molecule has 2 aliphatic rings. The Morgan fingerprint density at radius 3 is 3.19 bits per heavy atom. The lowest BCUT2D eigenvalue weighted by atomic mass is 10.0. The van der Waals surface area contributed by atoms with E-state index in [2.05, 4.69) is 23.3 Å². The van der Waals surface area contributed by atoms with Crippen molar-refractivity contribution in [1.82, 2.24) is 0 Å². The van der Waals surface area contributed by atoms with E-state index in [1.807, 2.05) is 12.1 Å². The second kappa shape index (κ2) is 3.82. The molecular formula is C12H15ClN2O. The zero-order valence-corrected chi connectivity index (χ0v) is 10.00. The van der Waals surface area contributed by atoms with Gasteiger partial charge in [-0.25, -0.2) is 0 Å². The molecule has 2 aliphatic heterocycles. The first-order chi connectivity index (χ1) is 7.75. The molecule has 0 spiro atoms. The Kier molecular flexibility index (Phi) is 2.45. The number of fused-ring (bicyclic) bond motifs is 2. The topological polar surface area (TPSA) is 24.5 Å². The molecule has 0 bridgehead atoms. The van der Waals surface area contributed by atoms with Gasteiger partial charge in [-0.1, -0.05) is 11.6 Å². The van der Waals surface area contributed by atoms with Crippen molar-refractivity contribution in [1.29, 1.82) is 0 Å². The number of hydrogen-bond donors (Lipinski definition) is 1. The van der Waals surface area contributed by atoms with Crippen LogP contribution < -0.4 is 10.2 Å². The van der Waals surface area contributed by atoms with Crippen molar-refractivity contribution in [3.63, 3.8) is 0 Å². The van der Waals surface area contributed by atoms with E-state index in [4.69, 9.17) is 16.3 Å². The lowest BCUT2D eigenvalue weighted by Gasteiger charge is -2.27. The van der Waals surface area contributed by atoms with Gasteiger partial charge in [-0.15, -0.1) is 0 Å². The number of halogens is 1. The molecule has 1 saturated heterocycles. The second-order valence-corrected chi connectivity index (χ2v) is 4.95. The Morgan fingerprint density at radius 2 is 2.31 bits per heavy atom. The highest BCUT2D eigenvalue weighted by atomic mass is 35.5. The highest BCUT2D eigenvalue weighted by Crippen LogP contribution is 2.35. The molecule has 0 aliphatic carbocycles. The summed E-state index contributed by atoms with van der Waals surface area (Å²) in [6, 6.07) is 6.49. The first-order valence-corrected chi connectivity index (χ1v) is 5.97. The lowest BCUT2D eigenvalue weighted by molar-refractivity contribution is 0.185. The number of hydrogen-bond acceptors (Lipinski definition) is 3. The van der Waals surface area contributed by atoms with E-state index < -0.39 is 0 Å². The average molecular weight is 239 g/mol. The summed E-state index contributed by atoms with van der Waals surface area (Å²) in [4.78, 5) is 2.31. The van der Waals surface area contributed by atoms with Gasteiger partial charge in [0, 0.05) is 24.5 Å². The van der Waals surface area contributed by atoms with Crippen LogP contribution in [0.15, 0.2) is 18.2 Å². The van der Waals surface area contributed by atoms with E-state index in [9.17, 15) is 0 Å². The smallest absolute Gasteiger partial charge is 0.0674 e. The van der Waals surface area contributed by atoms with Crippen molar-refractivity contribution in [3.05, 3.63) is 23.2 Å². The number of benzene rings is 1. The zero-order chi connectivity index (χ0) is 11.1. The molecule has 1 N–H and O–H groups in total. The molecule has 16 heavy (non-hydrogen) atoms. The maximum Gasteiger partial charge on any atom is 0.0674 e. The van der Waals surface area contributed by atoms with E-state index in [1.54, 1.807) is 0 Å². The third kappa shape index (κ3) is 1.55. The second-order valence-electron chi connectivity index (χ2n) is 4.52. The molecule has 4 heteroatoms. The van der Waals surface area contributed by atoms with Gasteiger partial charge >= 0.3 is 0 Å². The molecule has 0 saturated carbocycles. The fourth-order valence-electron chi connectivity index (χ4n) is 2.59. The van der Waals surface area contributed by atoms with Crippen LogP contribution in [0.2, 0.25) is 5.02 Å². The average Bonchev–Trinajstić information content (AvgIpc) is 2.69. The predicted octanol–water partition coefficient (Wildman–Crippen LogP) is 2.22. The fourth-order valence-corrected chi connectivity index (χ4v) is 2.76. The first kappa shape index (κ1) is 10.2. The van der Waals surface area contributed by atoms with Crippen LogP contribution >= 0.6 is 11.6 Å². The number of ether oxygens (including phenoxy) is 1. The Balaban J connectivity index is 2.01. The van der Waals surface area contributed by atoms with Gasteiger partial charge in [0.15, 0.2) is 0 Å². The molecule has 0 aromatic heterocycles. The summed E-state index contributed by atoms with van der Waals surface area (Å²) >= 11 is 6.02. The molecule has 0 amide bonds. The van der Waals surface area contributed by atoms with Gasteiger partial charge in [0.1, 0.15) is 0 Å². The van der Waals surface area contributed by atoms with Crippen molar-refractivity contribution in [2.24, 2.45) is 5.92 Å². The molecule has 86 valence electrons. The Hall–Kier alpha value is -0.930. The number of rotatable bonds is 0. The van der Waals surface area contributed by atoms with Crippen molar-refractivity contribution in [2.75, 3.05) is 37.0 Å². The van der Waals surface area contributed by atoms with Crippen LogP contribution in [0.3, 0.4) is 0 Å². The molecule has 1 aromatic rings. The van der Waals surface area contributed by atoms with Crippen molar-refractivity contribution < 1.29 is 4.74 Å². The van der Waals surface area contributed by atoms with Gasteiger partial charge in [-0.3, -0.25) is 0 Å². The summed E-state index contributed by atoms with van der Waals surface area (Å²) in [5.41, 5.74) is 2.34. The van der Waals surface area contributed by atoms with Gasteiger partial charge in [0.2, 0.25) is 0 Å². The summed E-state index contributed by atoms with van der Waals surface area (Å²) in [5, 5.41) is 4.24. The molecule has 0 radical (unpaired) electrons. The van der Waals surface area contributed by atoms with Crippen LogP contribution in [0.1, 0.15) is 0 Å². The molecule has 2 unspecified atom stereocenters. The molecule has 1 aromatic carbocycles. The van der Waals surface area contributed by atoms with Crippen molar-refractivity contribution in [2.45, 2.75) is 6.04 Å². The maximum atomic E-state index is 6.02. The Bertz CT molecular complexity index is 410. The monoisotopic (exact) mass is 238 g/mol. The molecule has 2 atom stereocenters. The van der Waals surface area contributed by atoms with Gasteiger partial charge in [0.25, 0.3) is 0 Å². The highest BCUT2D eigenvalue weighted by molar-refractivity contribution is 6.31. The van der Waals surface area contributed by atoms with Crippen LogP contribution in [-0.4, -0.2) is 32.8 Å². The summed E-state index contributed by atoms with van der Waals surface area (Å²) in [6.45, 7) is 2.64. The quantitative estimate of drug-likeness (QED) is 0.750. The van der Waals surface area contributed by atoms with E-state index in [1.165, 1.54) is 5.69 Å².